The molecule has 2 heterocycles. The van der Waals surface area contributed by atoms with Crippen molar-refractivity contribution < 1.29 is 17.9 Å². The molecule has 2 aliphatic heterocycles. The van der Waals surface area contributed by atoms with Gasteiger partial charge in [0.25, 0.3) is 0 Å². The lowest BCUT2D eigenvalue weighted by Gasteiger charge is -2.31. The number of nitrogens with one attached hydrogen (secondary N) is 1. The Labute approximate surface area is 154 Å². The van der Waals surface area contributed by atoms with Gasteiger partial charge in [-0.15, -0.1) is 0 Å². The quantitative estimate of drug-likeness (QED) is 0.753. The fourth-order valence-corrected chi connectivity index (χ4v) is 5.17. The van der Waals surface area contributed by atoms with Crippen molar-refractivity contribution in [1.82, 2.24) is 10.2 Å². The molecule has 1 saturated heterocycles. The van der Waals surface area contributed by atoms with Crippen LogP contribution >= 0.6 is 12.2 Å². The summed E-state index contributed by atoms with van der Waals surface area (Å²) in [4.78, 5) is 2.05. The highest BCUT2D eigenvalue weighted by atomic mass is 32.2. The van der Waals surface area contributed by atoms with Gasteiger partial charge in [-0.2, -0.15) is 0 Å². The van der Waals surface area contributed by atoms with Gasteiger partial charge in [0.15, 0.2) is 26.4 Å². The summed E-state index contributed by atoms with van der Waals surface area (Å²) in [5, 5.41) is 3.89. The van der Waals surface area contributed by atoms with E-state index in [2.05, 4.69) is 17.1 Å². The Morgan fingerprint density at radius 1 is 1.36 bits per heavy atom. The molecule has 1 fully saturated rings. The Balaban J connectivity index is 1.62. The summed E-state index contributed by atoms with van der Waals surface area (Å²) in [5.41, 5.74) is 1.04. The Bertz CT molecular complexity index is 736. The van der Waals surface area contributed by atoms with Gasteiger partial charge in [0.1, 0.15) is 0 Å². The first-order valence-electron chi connectivity index (χ1n) is 8.62. The SMILES string of the molecule is CCCCN(C(=S)NCc1ccc2c(c1)OCO2)[C@H]1CCS(=O)(=O)C1. The third-order valence-corrected chi connectivity index (χ3v) is 6.67. The van der Waals surface area contributed by atoms with Gasteiger partial charge in [0.2, 0.25) is 6.79 Å². The summed E-state index contributed by atoms with van der Waals surface area (Å²) in [6.07, 6.45) is 2.68. The molecule has 8 heteroatoms. The van der Waals surface area contributed by atoms with E-state index in [1.54, 1.807) is 0 Å². The molecule has 0 radical (unpaired) electrons. The molecule has 1 N–H and O–H groups in total. The fourth-order valence-electron chi connectivity index (χ4n) is 3.13. The largest absolute Gasteiger partial charge is 0.454 e. The van der Waals surface area contributed by atoms with Gasteiger partial charge >= 0.3 is 0 Å². The van der Waals surface area contributed by atoms with Crippen LogP contribution in [0.15, 0.2) is 18.2 Å². The van der Waals surface area contributed by atoms with Crippen molar-refractivity contribution in [2.45, 2.75) is 38.8 Å². The second kappa shape index (κ2) is 7.78. The van der Waals surface area contributed by atoms with E-state index in [9.17, 15) is 8.42 Å². The van der Waals surface area contributed by atoms with E-state index in [1.807, 2.05) is 18.2 Å². The van der Waals surface area contributed by atoms with Crippen LogP contribution in [0.1, 0.15) is 31.7 Å². The lowest BCUT2D eigenvalue weighted by molar-refractivity contribution is 0.174. The molecule has 1 atom stereocenters. The maximum Gasteiger partial charge on any atom is 0.231 e. The number of nitrogens with zero attached hydrogens (tertiary/aromatic N) is 1. The molecular formula is C17H24N2O4S2. The fraction of sp³-hybridized carbons (Fsp3) is 0.588. The van der Waals surface area contributed by atoms with Crippen LogP contribution in [0, 0.1) is 0 Å². The van der Waals surface area contributed by atoms with Gasteiger partial charge in [-0.05, 0) is 42.8 Å². The first kappa shape index (κ1) is 18.3. The van der Waals surface area contributed by atoms with Crippen LogP contribution in [0.5, 0.6) is 11.5 Å². The van der Waals surface area contributed by atoms with E-state index >= 15 is 0 Å². The van der Waals surface area contributed by atoms with Gasteiger partial charge in [0, 0.05) is 19.1 Å². The number of ether oxygens (including phenoxy) is 2. The van der Waals surface area contributed by atoms with Crippen LogP contribution in [0.4, 0.5) is 0 Å². The van der Waals surface area contributed by atoms with E-state index in [1.165, 1.54) is 0 Å². The predicted octanol–water partition coefficient (Wildman–Crippen LogP) is 2.08. The van der Waals surface area contributed by atoms with Crippen molar-refractivity contribution in [3.63, 3.8) is 0 Å². The second-order valence-electron chi connectivity index (χ2n) is 6.45. The van der Waals surface area contributed by atoms with Gasteiger partial charge in [0.05, 0.1) is 11.5 Å². The van der Waals surface area contributed by atoms with E-state index < -0.39 is 9.84 Å². The van der Waals surface area contributed by atoms with Crippen LogP contribution in [0.25, 0.3) is 0 Å². The Morgan fingerprint density at radius 3 is 2.88 bits per heavy atom. The first-order valence-corrected chi connectivity index (χ1v) is 10.8. The van der Waals surface area contributed by atoms with Crippen molar-refractivity contribution in [3.05, 3.63) is 23.8 Å². The molecule has 25 heavy (non-hydrogen) atoms. The summed E-state index contributed by atoms with van der Waals surface area (Å²) >= 11 is 5.56. The third-order valence-electron chi connectivity index (χ3n) is 4.54. The summed E-state index contributed by atoms with van der Waals surface area (Å²) < 4.78 is 34.3. The van der Waals surface area contributed by atoms with E-state index in [-0.39, 0.29) is 24.3 Å². The Morgan fingerprint density at radius 2 is 2.16 bits per heavy atom. The number of benzene rings is 1. The molecule has 2 aliphatic rings. The second-order valence-corrected chi connectivity index (χ2v) is 9.07. The minimum Gasteiger partial charge on any atom is -0.454 e. The van der Waals surface area contributed by atoms with Gasteiger partial charge in [-0.25, -0.2) is 8.42 Å². The normalized spacial score (nSPS) is 20.4. The average molecular weight is 385 g/mol. The minimum atomic E-state index is -2.93. The molecule has 0 saturated carbocycles. The molecule has 0 aliphatic carbocycles. The van der Waals surface area contributed by atoms with Crippen LogP contribution in [0.2, 0.25) is 0 Å². The topological polar surface area (TPSA) is 67.9 Å². The molecule has 3 rings (SSSR count). The molecule has 138 valence electrons. The number of rotatable bonds is 6. The van der Waals surface area contributed by atoms with Crippen molar-refractivity contribution >= 4 is 27.2 Å². The van der Waals surface area contributed by atoms with Crippen molar-refractivity contribution in [1.29, 1.82) is 0 Å². The monoisotopic (exact) mass is 384 g/mol. The average Bonchev–Trinajstić information content (AvgIpc) is 3.18. The highest BCUT2D eigenvalue weighted by Crippen LogP contribution is 2.32. The van der Waals surface area contributed by atoms with E-state index in [0.717, 1.165) is 36.4 Å². The smallest absolute Gasteiger partial charge is 0.231 e. The van der Waals surface area contributed by atoms with Crippen molar-refractivity contribution in [2.75, 3.05) is 24.8 Å². The highest BCUT2D eigenvalue weighted by molar-refractivity contribution is 7.91. The van der Waals surface area contributed by atoms with Crippen LogP contribution in [-0.4, -0.2) is 49.3 Å². The number of hydrogen-bond acceptors (Lipinski definition) is 5. The Kier molecular flexibility index (Phi) is 5.68. The predicted molar refractivity (Wildman–Crippen MR) is 101 cm³/mol. The van der Waals surface area contributed by atoms with E-state index in [0.29, 0.717) is 18.1 Å². The van der Waals surface area contributed by atoms with Crippen LogP contribution in [0.3, 0.4) is 0 Å². The maximum absolute atomic E-state index is 11.8. The number of thiocarbonyl (C=S) groups is 1. The zero-order chi connectivity index (χ0) is 17.9. The molecule has 0 aromatic heterocycles. The highest BCUT2D eigenvalue weighted by Gasteiger charge is 2.33. The van der Waals surface area contributed by atoms with Gasteiger partial charge < -0.3 is 19.7 Å². The third kappa shape index (κ3) is 4.55. The molecule has 1 aromatic rings. The first-order chi connectivity index (χ1) is 12.0. The van der Waals surface area contributed by atoms with Crippen LogP contribution < -0.4 is 14.8 Å². The molecular weight excluding hydrogens is 360 g/mol. The molecule has 0 bridgehead atoms. The van der Waals surface area contributed by atoms with Crippen molar-refractivity contribution in [3.8, 4) is 11.5 Å². The summed E-state index contributed by atoms with van der Waals surface area (Å²) in [5.74, 6) is 1.95. The summed E-state index contributed by atoms with van der Waals surface area (Å²) in [7, 11) is -2.93. The summed E-state index contributed by atoms with van der Waals surface area (Å²) in [6.45, 7) is 3.72. The van der Waals surface area contributed by atoms with Crippen molar-refractivity contribution in [2.24, 2.45) is 0 Å². The van der Waals surface area contributed by atoms with Crippen LogP contribution in [-0.2, 0) is 16.4 Å². The Hall–Kier alpha value is -1.54. The standard InChI is InChI=1S/C17H24N2O4S2/c1-2-3-7-19(14-6-8-25(20,21)11-14)17(24)18-10-13-4-5-15-16(9-13)23-12-22-15/h4-5,9,14H,2-3,6-8,10-12H2,1H3,(H,18,24)/t14-/m0/s1. The van der Waals surface area contributed by atoms with Gasteiger partial charge in [-0.3, -0.25) is 0 Å². The number of fused-ring (bicyclic) bond motifs is 1. The van der Waals surface area contributed by atoms with Gasteiger partial charge in [-0.1, -0.05) is 19.4 Å². The molecule has 1 aromatic carbocycles. The summed E-state index contributed by atoms with van der Waals surface area (Å²) in [6, 6.07) is 5.78. The molecule has 0 spiro atoms. The lowest BCUT2D eigenvalue weighted by Crippen LogP contribution is -2.46. The number of hydrogen-bond donors (Lipinski definition) is 1. The maximum atomic E-state index is 11.8. The minimum absolute atomic E-state index is 0.0201. The lowest BCUT2D eigenvalue weighted by atomic mass is 10.2. The molecule has 6 nitrogen and oxygen atoms in total. The van der Waals surface area contributed by atoms with E-state index in [4.69, 9.17) is 21.7 Å². The molecule has 0 unspecified atom stereocenters. The molecule has 0 amide bonds. The zero-order valence-corrected chi connectivity index (χ0v) is 16.0. The number of unbranched alkanes of at least 4 members (excludes halogenated alkanes) is 1. The number of sulfone groups is 1. The zero-order valence-electron chi connectivity index (χ0n) is 14.4.